The molecule has 0 N–H and O–H groups in total. The second kappa shape index (κ2) is 8.80. The van der Waals surface area contributed by atoms with Crippen LogP contribution in [0.4, 0.5) is 0 Å². The van der Waals surface area contributed by atoms with Crippen LogP contribution in [0.2, 0.25) is 0 Å². The second-order valence-corrected chi connectivity index (χ2v) is 7.75. The summed E-state index contributed by atoms with van der Waals surface area (Å²) in [7, 11) is 3.60. The zero-order chi connectivity index (χ0) is 20.2. The third kappa shape index (κ3) is 4.52. The van der Waals surface area contributed by atoms with Crippen LogP contribution in [-0.2, 0) is 22.6 Å². The largest absolute Gasteiger partial charge is 0.488 e. The quantitative estimate of drug-likeness (QED) is 0.749. The topological polar surface area (TPSA) is 42.0 Å². The number of hydrogen-bond acceptors (Lipinski definition) is 5. The van der Waals surface area contributed by atoms with E-state index in [0.29, 0.717) is 6.61 Å². The van der Waals surface area contributed by atoms with Crippen LogP contribution in [0.25, 0.3) is 5.57 Å². The number of carbonyl (C=O) groups is 1. The number of rotatable bonds is 4. The lowest BCUT2D eigenvalue weighted by atomic mass is 9.92. The molecule has 0 aliphatic carbocycles. The Balaban J connectivity index is 1.70. The highest BCUT2D eigenvalue weighted by Gasteiger charge is 2.21. The summed E-state index contributed by atoms with van der Waals surface area (Å²) < 4.78 is 11.0. The molecule has 0 amide bonds. The molecule has 2 aromatic rings. The van der Waals surface area contributed by atoms with E-state index in [1.165, 1.54) is 23.8 Å². The number of benzene rings is 2. The highest BCUT2D eigenvalue weighted by atomic mass is 16.5. The summed E-state index contributed by atoms with van der Waals surface area (Å²) in [5, 5.41) is 0. The highest BCUT2D eigenvalue weighted by molar-refractivity contribution is 5.86. The summed E-state index contributed by atoms with van der Waals surface area (Å²) >= 11 is 0. The number of carbonyl (C=O) groups excluding carboxylic acids is 1. The first kappa shape index (κ1) is 19.7. The van der Waals surface area contributed by atoms with Gasteiger partial charge in [0.1, 0.15) is 12.4 Å². The minimum atomic E-state index is -0.233. The monoisotopic (exact) mass is 392 g/mol. The third-order valence-corrected chi connectivity index (χ3v) is 5.75. The predicted molar refractivity (Wildman–Crippen MR) is 114 cm³/mol. The maximum Gasteiger partial charge on any atom is 0.309 e. The van der Waals surface area contributed by atoms with Gasteiger partial charge in [-0.2, -0.15) is 0 Å². The Morgan fingerprint density at radius 2 is 1.90 bits per heavy atom. The van der Waals surface area contributed by atoms with Crippen molar-refractivity contribution in [1.82, 2.24) is 9.80 Å². The number of likely N-dealkylation sites (N-methyl/N-ethyl adjacent to an activating group) is 1. The van der Waals surface area contributed by atoms with Gasteiger partial charge in [0.05, 0.1) is 13.5 Å². The first-order valence-electron chi connectivity index (χ1n) is 10.2. The fourth-order valence-electron chi connectivity index (χ4n) is 3.94. The number of nitrogens with zero attached hydrogens (tertiary/aromatic N) is 2. The van der Waals surface area contributed by atoms with Crippen LogP contribution in [0, 0.1) is 0 Å². The zero-order valence-electron chi connectivity index (χ0n) is 17.2. The number of hydrogen-bond donors (Lipinski definition) is 0. The summed E-state index contributed by atoms with van der Waals surface area (Å²) in [5.74, 6) is 0.627. The Morgan fingerprint density at radius 3 is 2.69 bits per heavy atom. The van der Waals surface area contributed by atoms with E-state index < -0.39 is 0 Å². The minimum absolute atomic E-state index is 0.233. The number of ether oxygens (including phenoxy) is 2. The van der Waals surface area contributed by atoms with Crippen LogP contribution in [0.1, 0.15) is 22.3 Å². The van der Waals surface area contributed by atoms with E-state index in [2.05, 4.69) is 53.3 Å². The van der Waals surface area contributed by atoms with Crippen molar-refractivity contribution in [1.29, 1.82) is 0 Å². The molecule has 152 valence electrons. The molecule has 0 aromatic heterocycles. The van der Waals surface area contributed by atoms with Gasteiger partial charge in [0.15, 0.2) is 0 Å². The van der Waals surface area contributed by atoms with Crippen molar-refractivity contribution in [2.24, 2.45) is 0 Å². The van der Waals surface area contributed by atoms with E-state index in [9.17, 15) is 4.79 Å². The molecule has 0 radical (unpaired) electrons. The second-order valence-electron chi connectivity index (χ2n) is 7.75. The molecule has 0 spiro atoms. The molecule has 1 fully saturated rings. The predicted octanol–water partition coefficient (Wildman–Crippen LogP) is 2.97. The van der Waals surface area contributed by atoms with Gasteiger partial charge in [0.25, 0.3) is 0 Å². The van der Waals surface area contributed by atoms with Crippen LogP contribution in [0.15, 0.2) is 48.5 Å². The lowest BCUT2D eigenvalue weighted by Gasteiger charge is -2.31. The molecule has 29 heavy (non-hydrogen) atoms. The number of piperazine rings is 1. The third-order valence-electron chi connectivity index (χ3n) is 5.75. The molecule has 2 aliphatic heterocycles. The van der Waals surface area contributed by atoms with E-state index >= 15 is 0 Å². The molecule has 0 bridgehead atoms. The molecular formula is C24H28N2O3. The Morgan fingerprint density at radius 1 is 1.10 bits per heavy atom. The van der Waals surface area contributed by atoms with Crippen LogP contribution in [-0.4, -0.2) is 62.7 Å². The highest BCUT2D eigenvalue weighted by Crippen LogP contribution is 2.37. The van der Waals surface area contributed by atoms with Crippen LogP contribution in [0.5, 0.6) is 5.75 Å². The van der Waals surface area contributed by atoms with Gasteiger partial charge < -0.3 is 14.4 Å². The maximum absolute atomic E-state index is 11.8. The van der Waals surface area contributed by atoms with E-state index in [4.69, 9.17) is 9.47 Å². The number of fused-ring (bicyclic) bond motifs is 2. The van der Waals surface area contributed by atoms with E-state index in [-0.39, 0.29) is 12.4 Å². The first-order valence-corrected chi connectivity index (χ1v) is 10.2. The van der Waals surface area contributed by atoms with Crippen LogP contribution < -0.4 is 4.74 Å². The molecule has 0 unspecified atom stereocenters. The van der Waals surface area contributed by atoms with E-state index in [1.54, 1.807) is 0 Å². The molecule has 1 saturated heterocycles. The molecular weight excluding hydrogens is 364 g/mol. The summed E-state index contributed by atoms with van der Waals surface area (Å²) in [5.41, 5.74) is 5.55. The van der Waals surface area contributed by atoms with E-state index in [0.717, 1.165) is 49.6 Å². The zero-order valence-corrected chi connectivity index (χ0v) is 17.2. The van der Waals surface area contributed by atoms with Crippen molar-refractivity contribution in [3.63, 3.8) is 0 Å². The van der Waals surface area contributed by atoms with Crippen molar-refractivity contribution >= 4 is 11.5 Å². The summed E-state index contributed by atoms with van der Waals surface area (Å²) in [4.78, 5) is 16.6. The molecule has 5 nitrogen and oxygen atoms in total. The Hall–Kier alpha value is -2.63. The van der Waals surface area contributed by atoms with Gasteiger partial charge in [-0.15, -0.1) is 0 Å². The molecule has 4 rings (SSSR count). The van der Waals surface area contributed by atoms with Gasteiger partial charge in [0.2, 0.25) is 0 Å². The van der Waals surface area contributed by atoms with Gasteiger partial charge in [-0.3, -0.25) is 9.69 Å². The first-order chi connectivity index (χ1) is 14.1. The van der Waals surface area contributed by atoms with Gasteiger partial charge in [-0.1, -0.05) is 36.4 Å². The van der Waals surface area contributed by atoms with Crippen molar-refractivity contribution in [3.8, 4) is 5.75 Å². The SMILES string of the molecule is COC(=O)Cc1ccc2c(c1)/C(=C\CN1CCN(C)CC1)c1ccccc1CO2. The normalized spacial score (nSPS) is 18.5. The molecule has 5 heteroatoms. The number of methoxy groups -OCH3 is 1. The number of esters is 1. The Bertz CT molecular complexity index is 914. The van der Waals surface area contributed by atoms with Gasteiger partial charge >= 0.3 is 5.97 Å². The van der Waals surface area contributed by atoms with Gasteiger partial charge in [-0.25, -0.2) is 0 Å². The minimum Gasteiger partial charge on any atom is -0.488 e. The van der Waals surface area contributed by atoms with Crippen molar-refractivity contribution in [2.75, 3.05) is 46.9 Å². The van der Waals surface area contributed by atoms with E-state index in [1.807, 2.05) is 12.1 Å². The molecule has 2 heterocycles. The lowest BCUT2D eigenvalue weighted by molar-refractivity contribution is -0.139. The smallest absolute Gasteiger partial charge is 0.309 e. The standard InChI is InChI=1S/C24H28N2O3/c1-25-11-13-26(14-12-25)10-9-21-20-6-4-3-5-19(20)17-29-23-8-7-18(15-22(21)23)16-24(27)28-2/h3-9,15H,10-14,16-17H2,1-2H3/b21-9-. The molecule has 0 saturated carbocycles. The maximum atomic E-state index is 11.8. The van der Waals surface area contributed by atoms with Crippen LogP contribution in [0.3, 0.4) is 0 Å². The lowest BCUT2D eigenvalue weighted by Crippen LogP contribution is -2.44. The Kier molecular flexibility index (Phi) is 5.97. The average molecular weight is 392 g/mol. The van der Waals surface area contributed by atoms with Crippen LogP contribution >= 0.6 is 0 Å². The average Bonchev–Trinajstić information content (AvgIpc) is 2.90. The van der Waals surface area contributed by atoms with Crippen molar-refractivity contribution in [2.45, 2.75) is 13.0 Å². The molecule has 0 atom stereocenters. The Labute approximate surface area is 172 Å². The fourth-order valence-corrected chi connectivity index (χ4v) is 3.94. The van der Waals surface area contributed by atoms with Gasteiger partial charge in [-0.05, 0) is 41.4 Å². The van der Waals surface area contributed by atoms with Crippen molar-refractivity contribution in [3.05, 3.63) is 70.8 Å². The van der Waals surface area contributed by atoms with Crippen molar-refractivity contribution < 1.29 is 14.3 Å². The molecule has 2 aliphatic rings. The molecule has 2 aromatic carbocycles. The summed E-state index contributed by atoms with van der Waals surface area (Å²) in [6, 6.07) is 14.4. The van der Waals surface area contributed by atoms with Gasteiger partial charge in [0, 0.05) is 38.3 Å². The summed E-state index contributed by atoms with van der Waals surface area (Å²) in [6.45, 7) is 5.80. The fraction of sp³-hybridized carbons (Fsp3) is 0.375. The summed E-state index contributed by atoms with van der Waals surface area (Å²) in [6.07, 6.45) is 2.58.